The van der Waals surface area contributed by atoms with Gasteiger partial charge in [0.25, 0.3) is 5.91 Å². The smallest absolute Gasteiger partial charge is 0.255 e. The average molecular weight is 421 g/mol. The number of hydrogen-bond acceptors (Lipinski definition) is 5. The average Bonchev–Trinajstić information content (AvgIpc) is 2.82. The lowest BCUT2D eigenvalue weighted by atomic mass is 10.1. The normalized spacial score (nSPS) is 15.5. The Kier molecular flexibility index (Phi) is 6.37. The van der Waals surface area contributed by atoms with E-state index in [4.69, 9.17) is 9.15 Å². The number of nitrogens with one attached hydrogen (secondary N) is 1. The zero-order valence-electron chi connectivity index (χ0n) is 18.0. The van der Waals surface area contributed by atoms with E-state index in [9.17, 15) is 9.59 Å². The largest absolute Gasteiger partial charge is 0.497 e. The van der Waals surface area contributed by atoms with E-state index in [1.54, 1.807) is 31.4 Å². The maximum Gasteiger partial charge on any atom is 0.255 e. The third kappa shape index (κ3) is 4.64. The van der Waals surface area contributed by atoms with Gasteiger partial charge in [-0.25, -0.2) is 0 Å². The number of nitrogens with zero attached hydrogens (tertiary/aromatic N) is 1. The highest BCUT2D eigenvalue weighted by atomic mass is 16.5. The molecule has 6 nitrogen and oxygen atoms in total. The molecule has 1 N–H and O–H groups in total. The van der Waals surface area contributed by atoms with E-state index in [0.29, 0.717) is 40.2 Å². The first kappa shape index (κ1) is 21.1. The summed E-state index contributed by atoms with van der Waals surface area (Å²) in [5.41, 5.74) is 1.20. The fourth-order valence-corrected chi connectivity index (χ4v) is 4.10. The van der Waals surface area contributed by atoms with Crippen LogP contribution in [-0.4, -0.2) is 43.6 Å². The predicted molar refractivity (Wildman–Crippen MR) is 122 cm³/mol. The van der Waals surface area contributed by atoms with Crippen LogP contribution in [0.25, 0.3) is 22.3 Å². The number of rotatable bonds is 6. The number of carbonyl (C=O) groups excluding carboxylic acids is 1. The van der Waals surface area contributed by atoms with Gasteiger partial charge < -0.3 is 14.5 Å². The number of benzene rings is 2. The van der Waals surface area contributed by atoms with Crippen LogP contribution in [0.3, 0.4) is 0 Å². The van der Waals surface area contributed by atoms with Gasteiger partial charge in [-0.05, 0) is 57.1 Å². The van der Waals surface area contributed by atoms with Crippen molar-refractivity contribution in [1.82, 2.24) is 10.2 Å². The third-order valence-electron chi connectivity index (χ3n) is 5.93. The maximum absolute atomic E-state index is 13.0. The van der Waals surface area contributed by atoms with Crippen molar-refractivity contribution in [1.29, 1.82) is 0 Å². The lowest BCUT2D eigenvalue weighted by Crippen LogP contribution is -2.44. The summed E-state index contributed by atoms with van der Waals surface area (Å²) in [4.78, 5) is 28.1. The molecule has 1 aromatic heterocycles. The fraction of sp³-hybridized carbons (Fsp3) is 0.360. The number of carbonyl (C=O) groups is 1. The van der Waals surface area contributed by atoms with Crippen LogP contribution >= 0.6 is 0 Å². The third-order valence-corrected chi connectivity index (χ3v) is 5.93. The molecule has 4 rings (SSSR count). The van der Waals surface area contributed by atoms with Gasteiger partial charge in [-0.2, -0.15) is 0 Å². The number of para-hydroxylation sites is 1. The molecule has 1 aliphatic rings. The number of amides is 1. The number of fused-ring (bicyclic) bond motifs is 1. The molecule has 0 bridgehead atoms. The molecule has 1 amide bonds. The van der Waals surface area contributed by atoms with Gasteiger partial charge in [-0.1, -0.05) is 24.6 Å². The Hall–Kier alpha value is -3.12. The second kappa shape index (κ2) is 9.35. The molecular weight excluding hydrogens is 392 g/mol. The van der Waals surface area contributed by atoms with E-state index in [1.165, 1.54) is 25.3 Å². The van der Waals surface area contributed by atoms with Crippen LogP contribution in [0.4, 0.5) is 0 Å². The minimum absolute atomic E-state index is 0.185. The van der Waals surface area contributed by atoms with Gasteiger partial charge in [0.2, 0.25) is 0 Å². The Bertz CT molecular complexity index is 1130. The molecule has 0 spiro atoms. The topological polar surface area (TPSA) is 71.8 Å². The van der Waals surface area contributed by atoms with Crippen molar-refractivity contribution in [3.05, 3.63) is 64.3 Å². The molecule has 3 aromatic rings. The lowest BCUT2D eigenvalue weighted by Gasteiger charge is -2.32. The van der Waals surface area contributed by atoms with E-state index < -0.39 is 0 Å². The quantitative estimate of drug-likeness (QED) is 0.651. The van der Waals surface area contributed by atoms with Crippen LogP contribution in [0.5, 0.6) is 5.75 Å². The van der Waals surface area contributed by atoms with Gasteiger partial charge >= 0.3 is 0 Å². The minimum Gasteiger partial charge on any atom is -0.497 e. The Morgan fingerprint density at radius 2 is 1.90 bits per heavy atom. The summed E-state index contributed by atoms with van der Waals surface area (Å²) in [5.74, 6) is 0.830. The molecule has 1 fully saturated rings. The van der Waals surface area contributed by atoms with Crippen LogP contribution in [0.1, 0.15) is 36.5 Å². The van der Waals surface area contributed by atoms with E-state index in [-0.39, 0.29) is 17.4 Å². The van der Waals surface area contributed by atoms with Gasteiger partial charge in [-0.15, -0.1) is 0 Å². The van der Waals surface area contributed by atoms with Gasteiger partial charge in [0, 0.05) is 24.2 Å². The van der Waals surface area contributed by atoms with Crippen molar-refractivity contribution < 1.29 is 13.9 Å². The van der Waals surface area contributed by atoms with E-state index in [1.807, 2.05) is 18.2 Å². The van der Waals surface area contributed by atoms with Crippen molar-refractivity contribution in [3.8, 4) is 17.1 Å². The van der Waals surface area contributed by atoms with Gasteiger partial charge in [0.05, 0.1) is 18.1 Å². The summed E-state index contributed by atoms with van der Waals surface area (Å²) in [7, 11) is 1.59. The molecule has 2 aromatic carbocycles. The Balaban J connectivity index is 1.62. The first-order chi connectivity index (χ1) is 15.1. The zero-order chi connectivity index (χ0) is 21.8. The molecular formula is C25H28N2O4. The van der Waals surface area contributed by atoms with Gasteiger partial charge in [0.1, 0.15) is 11.5 Å². The summed E-state index contributed by atoms with van der Waals surface area (Å²) in [6.45, 7) is 4.83. The van der Waals surface area contributed by atoms with Crippen molar-refractivity contribution in [2.75, 3.05) is 26.7 Å². The van der Waals surface area contributed by atoms with E-state index >= 15 is 0 Å². The summed E-state index contributed by atoms with van der Waals surface area (Å²) in [6, 6.07) is 14.1. The molecule has 0 aliphatic carbocycles. The SMILES string of the molecule is COc1cccc(-c2cc(=O)c3cccc(C(=O)NCC(C)N4CCCCC4)c3o2)c1. The summed E-state index contributed by atoms with van der Waals surface area (Å²) < 4.78 is 11.3. The molecule has 1 unspecified atom stereocenters. The van der Waals surface area contributed by atoms with Crippen LogP contribution in [0.2, 0.25) is 0 Å². The van der Waals surface area contributed by atoms with Crippen LogP contribution < -0.4 is 15.5 Å². The number of piperidine rings is 1. The maximum atomic E-state index is 13.0. The number of ether oxygens (including phenoxy) is 1. The molecule has 6 heteroatoms. The van der Waals surface area contributed by atoms with Crippen molar-refractivity contribution in [2.24, 2.45) is 0 Å². The van der Waals surface area contributed by atoms with E-state index in [0.717, 1.165) is 13.1 Å². The Labute approximate surface area is 181 Å². The van der Waals surface area contributed by atoms with Crippen molar-refractivity contribution in [2.45, 2.75) is 32.2 Å². The van der Waals surface area contributed by atoms with Gasteiger partial charge in [-0.3, -0.25) is 14.5 Å². The lowest BCUT2D eigenvalue weighted by molar-refractivity contribution is 0.0930. The summed E-state index contributed by atoms with van der Waals surface area (Å²) in [5, 5.41) is 3.41. The van der Waals surface area contributed by atoms with Crippen molar-refractivity contribution >= 4 is 16.9 Å². The zero-order valence-corrected chi connectivity index (χ0v) is 18.0. The molecule has 0 radical (unpaired) electrons. The molecule has 1 atom stereocenters. The second-order valence-corrected chi connectivity index (χ2v) is 8.04. The minimum atomic E-state index is -0.236. The molecule has 2 heterocycles. The highest BCUT2D eigenvalue weighted by molar-refractivity contribution is 6.04. The number of hydrogen-bond donors (Lipinski definition) is 1. The van der Waals surface area contributed by atoms with Gasteiger partial charge in [0.15, 0.2) is 11.0 Å². The number of methoxy groups -OCH3 is 1. The molecule has 0 saturated carbocycles. The van der Waals surface area contributed by atoms with Crippen molar-refractivity contribution in [3.63, 3.8) is 0 Å². The molecule has 1 saturated heterocycles. The molecule has 1 aliphatic heterocycles. The number of likely N-dealkylation sites (tertiary alicyclic amines) is 1. The van der Waals surface area contributed by atoms with E-state index in [2.05, 4.69) is 17.1 Å². The Morgan fingerprint density at radius 1 is 1.13 bits per heavy atom. The summed E-state index contributed by atoms with van der Waals surface area (Å²) in [6.07, 6.45) is 3.69. The van der Waals surface area contributed by atoms with Crippen LogP contribution in [0, 0.1) is 0 Å². The monoisotopic (exact) mass is 420 g/mol. The second-order valence-electron chi connectivity index (χ2n) is 8.04. The predicted octanol–water partition coefficient (Wildman–Crippen LogP) is 4.07. The first-order valence-corrected chi connectivity index (χ1v) is 10.8. The highest BCUT2D eigenvalue weighted by Crippen LogP contribution is 2.27. The van der Waals surface area contributed by atoms with Crippen LogP contribution in [0.15, 0.2) is 57.7 Å². The standard InChI is InChI=1S/C25H28N2O4/c1-17(27-12-4-3-5-13-27)16-26-25(29)21-11-7-10-20-22(28)15-23(31-24(20)21)18-8-6-9-19(14-18)30-2/h6-11,14-15,17H,3-5,12-13,16H2,1-2H3,(H,26,29). The molecule has 31 heavy (non-hydrogen) atoms. The highest BCUT2D eigenvalue weighted by Gasteiger charge is 2.19. The fourth-order valence-electron chi connectivity index (χ4n) is 4.10. The Morgan fingerprint density at radius 3 is 2.68 bits per heavy atom. The van der Waals surface area contributed by atoms with Crippen LogP contribution in [-0.2, 0) is 0 Å². The summed E-state index contributed by atoms with van der Waals surface area (Å²) >= 11 is 0. The molecule has 162 valence electrons. The first-order valence-electron chi connectivity index (χ1n) is 10.8.